The molecule has 0 unspecified atom stereocenters. The Hall–Kier alpha value is -1.32. The first-order valence-electron chi connectivity index (χ1n) is 8.40. The summed E-state index contributed by atoms with van der Waals surface area (Å²) in [6, 6.07) is 3.94. The molecule has 1 N–H and O–H groups in total. The van der Waals surface area contributed by atoms with Gasteiger partial charge in [0, 0.05) is 17.9 Å². The van der Waals surface area contributed by atoms with Gasteiger partial charge in [-0.05, 0) is 50.9 Å². The number of hydrogen-bond donors (Lipinski definition) is 1. The third kappa shape index (κ3) is 5.15. The van der Waals surface area contributed by atoms with E-state index < -0.39 is 30.1 Å². The van der Waals surface area contributed by atoms with Crippen molar-refractivity contribution in [2.75, 3.05) is 6.54 Å². The lowest BCUT2D eigenvalue weighted by atomic mass is 9.77. The van der Waals surface area contributed by atoms with E-state index in [1.807, 2.05) is 27.7 Å². The molecule has 2 rings (SSSR count). The Balaban J connectivity index is 2.42. The maximum Gasteiger partial charge on any atom is 0.492 e. The average Bonchev–Trinajstić information content (AvgIpc) is 2.72. The monoisotopic (exact) mass is 447 g/mol. The largest absolute Gasteiger partial charge is 0.492 e. The van der Waals surface area contributed by atoms with E-state index in [4.69, 9.17) is 9.31 Å². The zero-order valence-electron chi connectivity index (χ0n) is 15.8. The van der Waals surface area contributed by atoms with Crippen LogP contribution < -0.4 is 5.32 Å². The number of rotatable bonds is 4. The highest BCUT2D eigenvalue weighted by Gasteiger charge is 2.52. The summed E-state index contributed by atoms with van der Waals surface area (Å²) >= 11 is 2.93. The maximum absolute atomic E-state index is 13.2. The van der Waals surface area contributed by atoms with Gasteiger partial charge in [-0.3, -0.25) is 4.79 Å². The van der Waals surface area contributed by atoms with Gasteiger partial charge in [0.05, 0.1) is 16.8 Å². The van der Waals surface area contributed by atoms with Gasteiger partial charge in [-0.2, -0.15) is 13.2 Å². The molecule has 1 amide bonds. The number of halogens is 4. The normalized spacial score (nSPS) is 19.3. The third-order valence-electron chi connectivity index (χ3n) is 4.75. The number of amides is 1. The van der Waals surface area contributed by atoms with Crippen LogP contribution in [-0.4, -0.2) is 30.8 Å². The van der Waals surface area contributed by atoms with E-state index in [9.17, 15) is 18.0 Å². The predicted octanol–water partition coefficient (Wildman–Crippen LogP) is 4.62. The number of alkyl halides is 3. The van der Waals surface area contributed by atoms with Gasteiger partial charge in [0.15, 0.2) is 0 Å². The van der Waals surface area contributed by atoms with Gasteiger partial charge in [-0.25, -0.2) is 0 Å². The highest BCUT2D eigenvalue weighted by Crippen LogP contribution is 2.39. The Morgan fingerprint density at radius 2 is 1.78 bits per heavy atom. The van der Waals surface area contributed by atoms with Gasteiger partial charge in [-0.15, -0.1) is 0 Å². The van der Waals surface area contributed by atoms with Gasteiger partial charge >= 0.3 is 13.3 Å². The lowest BCUT2D eigenvalue weighted by Crippen LogP contribution is -2.41. The average molecular weight is 448 g/mol. The lowest BCUT2D eigenvalue weighted by molar-refractivity contribution is -0.138. The summed E-state index contributed by atoms with van der Waals surface area (Å²) in [6.07, 6.45) is -2.93. The van der Waals surface area contributed by atoms with Gasteiger partial charge < -0.3 is 14.6 Å². The molecule has 0 aliphatic carbocycles. The second-order valence-electron chi connectivity index (χ2n) is 7.45. The fourth-order valence-corrected chi connectivity index (χ4v) is 2.96. The molecule has 9 heteroatoms. The van der Waals surface area contributed by atoms with E-state index in [1.54, 1.807) is 12.1 Å². The molecule has 1 aliphatic heterocycles. The molecule has 0 radical (unpaired) electrons. The second-order valence-corrected chi connectivity index (χ2v) is 8.31. The van der Waals surface area contributed by atoms with Crippen molar-refractivity contribution in [1.82, 2.24) is 5.32 Å². The van der Waals surface area contributed by atoms with Crippen LogP contribution in [0.4, 0.5) is 13.2 Å². The standard InChI is InChI=1S/C18H22BBrF3NO3/c1-11(25)24-10-13(19-26-16(2,3)17(4,5)27-19)8-12-6-7-15(20)14(9-12)18(21,22)23/h6-9H,10H2,1-5H3,(H,24,25). The molecule has 1 aromatic carbocycles. The molecule has 1 aromatic rings. The van der Waals surface area contributed by atoms with Crippen molar-refractivity contribution in [2.24, 2.45) is 0 Å². The molecule has 148 valence electrons. The van der Waals surface area contributed by atoms with Gasteiger partial charge in [0.1, 0.15) is 0 Å². The summed E-state index contributed by atoms with van der Waals surface area (Å²) in [5.74, 6) is -0.260. The van der Waals surface area contributed by atoms with E-state index in [1.165, 1.54) is 13.0 Å². The third-order valence-corrected chi connectivity index (χ3v) is 5.44. The maximum atomic E-state index is 13.2. The SMILES string of the molecule is CC(=O)NCC(=Cc1ccc(Br)c(C(F)(F)F)c1)B1OC(C)(C)C(C)(C)O1. The molecule has 0 spiro atoms. The smallest absolute Gasteiger partial charge is 0.400 e. The Labute approximate surface area is 165 Å². The Bertz CT molecular complexity index is 747. The molecular formula is C18H22BBrF3NO3. The van der Waals surface area contributed by atoms with Crippen LogP contribution >= 0.6 is 15.9 Å². The summed E-state index contributed by atoms with van der Waals surface area (Å²) in [5, 5.41) is 2.65. The zero-order valence-corrected chi connectivity index (χ0v) is 17.4. The first-order valence-corrected chi connectivity index (χ1v) is 9.19. The molecule has 1 saturated heterocycles. The van der Waals surface area contributed by atoms with Crippen molar-refractivity contribution in [2.45, 2.75) is 52.0 Å². The number of hydrogen-bond acceptors (Lipinski definition) is 3. The molecule has 1 aliphatic rings. The first kappa shape index (κ1) is 22.0. The van der Waals surface area contributed by atoms with Crippen LogP contribution in [0.5, 0.6) is 0 Å². The number of nitrogens with one attached hydrogen (secondary N) is 1. The molecule has 27 heavy (non-hydrogen) atoms. The summed E-state index contributed by atoms with van der Waals surface area (Å²) in [6.45, 7) is 8.98. The van der Waals surface area contributed by atoms with Crippen molar-refractivity contribution in [3.05, 3.63) is 39.3 Å². The number of carbonyl (C=O) groups excluding carboxylic acids is 1. The van der Waals surface area contributed by atoms with Crippen molar-refractivity contribution >= 4 is 35.0 Å². The summed E-state index contributed by atoms with van der Waals surface area (Å²) < 4.78 is 51.4. The summed E-state index contributed by atoms with van der Waals surface area (Å²) in [5.41, 5.74) is -1.13. The van der Waals surface area contributed by atoms with Gasteiger partial charge in [0.2, 0.25) is 5.91 Å². The van der Waals surface area contributed by atoms with Crippen molar-refractivity contribution in [3.63, 3.8) is 0 Å². The molecule has 1 fully saturated rings. The van der Waals surface area contributed by atoms with Crippen LogP contribution in [0.25, 0.3) is 6.08 Å². The molecule has 1 heterocycles. The fourth-order valence-electron chi connectivity index (χ4n) is 2.49. The molecule has 4 nitrogen and oxygen atoms in total. The van der Waals surface area contributed by atoms with Gasteiger partial charge in [-0.1, -0.05) is 28.1 Å². The minimum Gasteiger partial charge on any atom is -0.400 e. The van der Waals surface area contributed by atoms with E-state index in [-0.39, 0.29) is 16.9 Å². The number of benzene rings is 1. The quantitative estimate of drug-likeness (QED) is 0.685. The van der Waals surface area contributed by atoms with Crippen LogP contribution in [0, 0.1) is 0 Å². The van der Waals surface area contributed by atoms with Crippen molar-refractivity contribution < 1.29 is 27.3 Å². The van der Waals surface area contributed by atoms with E-state index >= 15 is 0 Å². The molecular weight excluding hydrogens is 426 g/mol. The van der Waals surface area contributed by atoms with E-state index in [0.29, 0.717) is 11.0 Å². The lowest BCUT2D eigenvalue weighted by Gasteiger charge is -2.32. The van der Waals surface area contributed by atoms with Crippen LogP contribution in [0.3, 0.4) is 0 Å². The fraction of sp³-hybridized carbons (Fsp3) is 0.500. The van der Waals surface area contributed by atoms with E-state index in [0.717, 1.165) is 6.07 Å². The zero-order chi connectivity index (χ0) is 20.6. The van der Waals surface area contributed by atoms with Crippen LogP contribution in [0.2, 0.25) is 0 Å². The van der Waals surface area contributed by atoms with Crippen molar-refractivity contribution in [3.8, 4) is 0 Å². The second kappa shape index (κ2) is 7.60. The van der Waals surface area contributed by atoms with Crippen LogP contribution in [0.1, 0.15) is 45.7 Å². The minimum absolute atomic E-state index is 0.0359. The highest BCUT2D eigenvalue weighted by molar-refractivity contribution is 9.10. The molecule has 0 aromatic heterocycles. The summed E-state index contributed by atoms with van der Waals surface area (Å²) in [7, 11) is -0.778. The molecule has 0 saturated carbocycles. The molecule has 0 atom stereocenters. The van der Waals surface area contributed by atoms with E-state index in [2.05, 4.69) is 21.2 Å². The Morgan fingerprint density at radius 1 is 1.22 bits per heavy atom. The van der Waals surface area contributed by atoms with Crippen LogP contribution in [-0.2, 0) is 20.3 Å². The molecule has 0 bridgehead atoms. The van der Waals surface area contributed by atoms with Gasteiger partial charge in [0.25, 0.3) is 0 Å². The topological polar surface area (TPSA) is 47.6 Å². The van der Waals surface area contributed by atoms with Crippen molar-refractivity contribution in [1.29, 1.82) is 0 Å². The first-order chi connectivity index (χ1) is 12.2. The number of carbonyl (C=O) groups is 1. The Morgan fingerprint density at radius 3 is 2.26 bits per heavy atom. The van der Waals surface area contributed by atoms with Crippen LogP contribution in [0.15, 0.2) is 28.1 Å². The predicted molar refractivity (Wildman–Crippen MR) is 102 cm³/mol. The Kier molecular flexibility index (Phi) is 6.19. The summed E-state index contributed by atoms with van der Waals surface area (Å²) in [4.78, 5) is 11.3. The highest BCUT2D eigenvalue weighted by atomic mass is 79.9. The minimum atomic E-state index is -4.48.